The van der Waals surface area contributed by atoms with Crippen LogP contribution in [-0.4, -0.2) is 14.9 Å². The lowest BCUT2D eigenvalue weighted by molar-refractivity contribution is 0.282. The van der Waals surface area contributed by atoms with Gasteiger partial charge in [-0.3, -0.25) is 0 Å². The first-order valence-corrected chi connectivity index (χ1v) is 7.84. The molecule has 4 rings (SSSR count). The van der Waals surface area contributed by atoms with E-state index in [0.29, 0.717) is 11.3 Å². The monoisotopic (exact) mass is 334 g/mol. The third-order valence-corrected chi connectivity index (χ3v) is 4.06. The van der Waals surface area contributed by atoms with E-state index < -0.39 is 0 Å². The first kappa shape index (κ1) is 15.4. The molecule has 0 spiro atoms. The summed E-state index contributed by atoms with van der Waals surface area (Å²) in [6, 6.07) is 17.8. The molecule has 0 bridgehead atoms. The van der Waals surface area contributed by atoms with Crippen LogP contribution in [0, 0.1) is 5.82 Å². The Hall–Kier alpha value is -3.18. The number of hydrogen-bond acceptors (Lipinski definition) is 3. The van der Waals surface area contributed by atoms with Crippen LogP contribution >= 0.6 is 0 Å². The predicted octanol–water partition coefficient (Wildman–Crippen LogP) is 4.43. The lowest BCUT2D eigenvalue weighted by Crippen LogP contribution is -1.99. The van der Waals surface area contributed by atoms with Gasteiger partial charge in [0.1, 0.15) is 11.5 Å². The highest BCUT2D eigenvalue weighted by atomic mass is 19.1. The fourth-order valence-corrected chi connectivity index (χ4v) is 2.81. The van der Waals surface area contributed by atoms with E-state index in [1.54, 1.807) is 35.3 Å². The number of rotatable bonds is 4. The molecule has 25 heavy (non-hydrogen) atoms. The molecule has 2 aromatic carbocycles. The maximum atomic E-state index is 13.1. The van der Waals surface area contributed by atoms with Crippen molar-refractivity contribution in [3.63, 3.8) is 0 Å². The summed E-state index contributed by atoms with van der Waals surface area (Å²) in [6.45, 7) is -0.121. The highest BCUT2D eigenvalue weighted by Gasteiger charge is 2.16. The minimum atomic E-state index is -0.253. The third-order valence-electron chi connectivity index (χ3n) is 4.06. The van der Waals surface area contributed by atoms with Gasteiger partial charge in [0.05, 0.1) is 24.8 Å². The van der Waals surface area contributed by atoms with Crippen LogP contribution in [0.4, 0.5) is 4.39 Å². The second-order valence-corrected chi connectivity index (χ2v) is 5.62. The largest absolute Gasteiger partial charge is 0.463 e. The van der Waals surface area contributed by atoms with Crippen LogP contribution in [0.25, 0.3) is 28.3 Å². The summed E-state index contributed by atoms with van der Waals surface area (Å²) in [5.41, 5.74) is 4.19. The van der Waals surface area contributed by atoms with E-state index in [-0.39, 0.29) is 12.4 Å². The molecule has 0 atom stereocenters. The molecule has 0 aliphatic carbocycles. The summed E-state index contributed by atoms with van der Waals surface area (Å²) >= 11 is 0. The van der Waals surface area contributed by atoms with Crippen molar-refractivity contribution in [2.75, 3.05) is 0 Å². The van der Waals surface area contributed by atoms with Crippen LogP contribution in [-0.2, 0) is 6.61 Å². The molecule has 0 saturated heterocycles. The Morgan fingerprint density at radius 1 is 0.960 bits per heavy atom. The number of furan rings is 1. The molecule has 4 aromatic rings. The van der Waals surface area contributed by atoms with E-state index in [0.717, 1.165) is 22.5 Å². The van der Waals surface area contributed by atoms with Crippen LogP contribution in [0.2, 0.25) is 0 Å². The summed E-state index contributed by atoms with van der Waals surface area (Å²) in [6.07, 6.45) is 3.22. The quantitative estimate of drug-likeness (QED) is 0.601. The molecular formula is C20H15FN2O2. The molecule has 2 aromatic heterocycles. The Bertz CT molecular complexity index is 972. The molecule has 4 nitrogen and oxygen atoms in total. The minimum Gasteiger partial charge on any atom is -0.463 e. The second kappa shape index (κ2) is 6.37. The van der Waals surface area contributed by atoms with Crippen molar-refractivity contribution in [1.82, 2.24) is 9.78 Å². The highest BCUT2D eigenvalue weighted by molar-refractivity contribution is 5.66. The average molecular weight is 334 g/mol. The van der Waals surface area contributed by atoms with Crippen molar-refractivity contribution in [2.24, 2.45) is 0 Å². The topological polar surface area (TPSA) is 51.2 Å². The van der Waals surface area contributed by atoms with Crippen molar-refractivity contribution >= 4 is 0 Å². The fraction of sp³-hybridized carbons (Fsp3) is 0.0500. The summed E-state index contributed by atoms with van der Waals surface area (Å²) < 4.78 is 20.3. The van der Waals surface area contributed by atoms with Gasteiger partial charge in [-0.05, 0) is 47.5 Å². The number of benzene rings is 2. The van der Waals surface area contributed by atoms with E-state index >= 15 is 0 Å². The molecule has 1 N–H and O–H groups in total. The Balaban J connectivity index is 1.74. The zero-order valence-electron chi connectivity index (χ0n) is 13.3. The van der Waals surface area contributed by atoms with E-state index in [2.05, 4.69) is 5.10 Å². The fourth-order valence-electron chi connectivity index (χ4n) is 2.81. The molecule has 0 aliphatic heterocycles. The summed E-state index contributed by atoms with van der Waals surface area (Å²) in [5.74, 6) is 0.390. The van der Waals surface area contributed by atoms with Crippen LogP contribution in [0.1, 0.15) is 5.56 Å². The molecule has 0 amide bonds. The number of aromatic nitrogens is 2. The first-order valence-electron chi connectivity index (χ1n) is 7.84. The summed E-state index contributed by atoms with van der Waals surface area (Å²) in [4.78, 5) is 0. The van der Waals surface area contributed by atoms with Crippen molar-refractivity contribution in [1.29, 1.82) is 0 Å². The zero-order chi connectivity index (χ0) is 17.2. The zero-order valence-corrected chi connectivity index (χ0v) is 13.3. The molecule has 0 aliphatic rings. The van der Waals surface area contributed by atoms with Gasteiger partial charge in [-0.1, -0.05) is 24.3 Å². The molecule has 5 heteroatoms. The lowest BCUT2D eigenvalue weighted by Gasteiger charge is -2.08. The smallest absolute Gasteiger partial charge is 0.152 e. The number of hydrogen-bond donors (Lipinski definition) is 1. The van der Waals surface area contributed by atoms with E-state index in [9.17, 15) is 9.50 Å². The van der Waals surface area contributed by atoms with Crippen molar-refractivity contribution in [3.05, 3.63) is 84.5 Å². The molecular weight excluding hydrogens is 319 g/mol. The Morgan fingerprint density at radius 3 is 2.24 bits per heavy atom. The van der Waals surface area contributed by atoms with Crippen LogP contribution in [0.5, 0.6) is 0 Å². The molecule has 0 fully saturated rings. The predicted molar refractivity (Wildman–Crippen MR) is 92.6 cm³/mol. The average Bonchev–Trinajstić information content (AvgIpc) is 3.31. The van der Waals surface area contributed by atoms with Crippen molar-refractivity contribution in [2.45, 2.75) is 6.61 Å². The van der Waals surface area contributed by atoms with Crippen LogP contribution < -0.4 is 0 Å². The van der Waals surface area contributed by atoms with Gasteiger partial charge < -0.3 is 9.52 Å². The van der Waals surface area contributed by atoms with Gasteiger partial charge in [0, 0.05) is 5.56 Å². The van der Waals surface area contributed by atoms with Gasteiger partial charge in [-0.25, -0.2) is 9.07 Å². The van der Waals surface area contributed by atoms with Gasteiger partial charge in [0.25, 0.3) is 0 Å². The normalized spacial score (nSPS) is 11.0. The van der Waals surface area contributed by atoms with E-state index in [1.807, 2.05) is 30.3 Å². The molecule has 0 radical (unpaired) electrons. The molecule has 0 unspecified atom stereocenters. The Kier molecular flexibility index (Phi) is 3.91. The van der Waals surface area contributed by atoms with Gasteiger partial charge in [0.15, 0.2) is 5.76 Å². The van der Waals surface area contributed by atoms with Crippen LogP contribution in [0.3, 0.4) is 0 Å². The van der Waals surface area contributed by atoms with Gasteiger partial charge >= 0.3 is 0 Å². The second-order valence-electron chi connectivity index (χ2n) is 5.62. The Morgan fingerprint density at radius 2 is 1.64 bits per heavy atom. The van der Waals surface area contributed by atoms with Gasteiger partial charge in [0.2, 0.25) is 0 Å². The minimum absolute atomic E-state index is 0.121. The molecule has 124 valence electrons. The summed E-state index contributed by atoms with van der Waals surface area (Å²) in [7, 11) is 0. The number of nitrogens with zero attached hydrogens (tertiary/aromatic N) is 2. The Labute approximate surface area is 143 Å². The number of halogens is 1. The third kappa shape index (κ3) is 2.86. The van der Waals surface area contributed by atoms with Crippen molar-refractivity contribution < 1.29 is 13.9 Å². The molecule has 0 saturated carbocycles. The first-order chi connectivity index (χ1) is 12.3. The molecule has 2 heterocycles. The number of aliphatic hydroxyl groups excluding tert-OH is 1. The standard InChI is InChI=1S/C20H15FN2O2/c21-17-7-3-14(4-8-17)15-5-9-18(10-6-15)23-20(16(13-24)12-22-23)19-2-1-11-25-19/h1-12,24H,13H2. The van der Waals surface area contributed by atoms with E-state index in [1.165, 1.54) is 12.1 Å². The van der Waals surface area contributed by atoms with Gasteiger partial charge in [-0.2, -0.15) is 5.10 Å². The highest BCUT2D eigenvalue weighted by Crippen LogP contribution is 2.28. The van der Waals surface area contributed by atoms with Crippen molar-refractivity contribution in [3.8, 4) is 28.3 Å². The maximum Gasteiger partial charge on any atom is 0.152 e. The summed E-state index contributed by atoms with van der Waals surface area (Å²) in [5, 5.41) is 13.9. The maximum absolute atomic E-state index is 13.1. The van der Waals surface area contributed by atoms with Gasteiger partial charge in [-0.15, -0.1) is 0 Å². The lowest BCUT2D eigenvalue weighted by atomic mass is 10.1. The van der Waals surface area contributed by atoms with Crippen LogP contribution in [0.15, 0.2) is 77.5 Å². The SMILES string of the molecule is OCc1cnn(-c2ccc(-c3ccc(F)cc3)cc2)c1-c1ccco1. The van der Waals surface area contributed by atoms with E-state index in [4.69, 9.17) is 4.42 Å². The number of aliphatic hydroxyl groups is 1.